The van der Waals surface area contributed by atoms with Crippen molar-refractivity contribution in [3.63, 3.8) is 0 Å². The topological polar surface area (TPSA) is 114 Å². The van der Waals surface area contributed by atoms with Crippen molar-refractivity contribution in [2.24, 2.45) is 5.84 Å². The van der Waals surface area contributed by atoms with Crippen molar-refractivity contribution in [1.29, 1.82) is 0 Å². The van der Waals surface area contributed by atoms with Crippen LogP contribution in [0.2, 0.25) is 0 Å². The van der Waals surface area contributed by atoms with Crippen LogP contribution in [0.3, 0.4) is 0 Å². The highest BCUT2D eigenvalue weighted by Crippen LogP contribution is 2.32. The highest BCUT2D eigenvalue weighted by atomic mass is 16.6. The van der Waals surface area contributed by atoms with Gasteiger partial charge < -0.3 is 15.6 Å². The maximum absolute atomic E-state index is 11.7. The van der Waals surface area contributed by atoms with Crippen molar-refractivity contribution in [3.05, 3.63) is 28.3 Å². The van der Waals surface area contributed by atoms with Gasteiger partial charge in [0.2, 0.25) is 5.91 Å². The third-order valence-electron chi connectivity index (χ3n) is 2.56. The monoisotopic (exact) mass is 267 g/mol. The van der Waals surface area contributed by atoms with Crippen LogP contribution >= 0.6 is 0 Å². The van der Waals surface area contributed by atoms with E-state index in [2.05, 4.69) is 10.7 Å². The van der Waals surface area contributed by atoms with E-state index >= 15 is 0 Å². The molecule has 0 spiro atoms. The van der Waals surface area contributed by atoms with Gasteiger partial charge in [0.1, 0.15) is 17.4 Å². The van der Waals surface area contributed by atoms with Crippen LogP contribution in [-0.4, -0.2) is 35.9 Å². The molecule has 8 heteroatoms. The van der Waals surface area contributed by atoms with Crippen LogP contribution in [0.15, 0.2) is 18.2 Å². The third-order valence-corrected chi connectivity index (χ3v) is 2.56. The number of benzene rings is 1. The summed E-state index contributed by atoms with van der Waals surface area (Å²) in [5.41, 5.74) is 2.49. The standard InChI is InChI=1S/C11H17N5O3/c1-7(11(17)15(2)3)13-8-5-4-6-9(14-12)10(8)16(18)19/h4-7,13-14H,12H2,1-3H3. The summed E-state index contributed by atoms with van der Waals surface area (Å²) in [5.74, 6) is 5.06. The minimum atomic E-state index is -0.582. The van der Waals surface area contributed by atoms with E-state index in [9.17, 15) is 14.9 Å². The molecule has 0 aromatic heterocycles. The summed E-state index contributed by atoms with van der Waals surface area (Å²) in [6.45, 7) is 1.63. The summed E-state index contributed by atoms with van der Waals surface area (Å²) >= 11 is 0. The van der Waals surface area contributed by atoms with Gasteiger partial charge in [0.25, 0.3) is 0 Å². The van der Waals surface area contributed by atoms with E-state index in [1.165, 1.54) is 17.0 Å². The fraction of sp³-hybridized carbons (Fsp3) is 0.364. The molecule has 0 saturated heterocycles. The molecule has 4 N–H and O–H groups in total. The molecule has 0 bridgehead atoms. The van der Waals surface area contributed by atoms with Crippen LogP contribution in [0.4, 0.5) is 17.1 Å². The number of nitrogen functional groups attached to an aromatic ring is 1. The van der Waals surface area contributed by atoms with Crippen molar-refractivity contribution in [2.45, 2.75) is 13.0 Å². The van der Waals surface area contributed by atoms with Gasteiger partial charge in [-0.2, -0.15) is 0 Å². The number of hydrazine groups is 1. The Hall–Kier alpha value is -2.35. The fourth-order valence-electron chi connectivity index (χ4n) is 1.66. The molecule has 104 valence electrons. The average Bonchev–Trinajstić information content (AvgIpc) is 2.36. The summed E-state index contributed by atoms with van der Waals surface area (Å²) in [7, 11) is 3.24. The first-order chi connectivity index (χ1) is 8.88. The molecule has 1 aromatic carbocycles. The quantitative estimate of drug-likeness (QED) is 0.412. The number of anilines is 2. The lowest BCUT2D eigenvalue weighted by Gasteiger charge is -2.19. The predicted octanol–water partition coefficient (Wildman–Crippen LogP) is 0.769. The van der Waals surface area contributed by atoms with E-state index in [0.29, 0.717) is 0 Å². The van der Waals surface area contributed by atoms with Gasteiger partial charge in [0.15, 0.2) is 0 Å². The lowest BCUT2D eigenvalue weighted by atomic mass is 10.2. The number of likely N-dealkylation sites (N-methyl/N-ethyl adjacent to an activating group) is 1. The fourth-order valence-corrected chi connectivity index (χ4v) is 1.66. The van der Waals surface area contributed by atoms with E-state index in [-0.39, 0.29) is 23.0 Å². The molecule has 1 aromatic rings. The normalized spacial score (nSPS) is 11.6. The number of amides is 1. The number of nitro groups is 1. The molecule has 0 aliphatic carbocycles. The summed E-state index contributed by atoms with van der Waals surface area (Å²) in [6.07, 6.45) is 0. The molecule has 0 aliphatic heterocycles. The molecule has 8 nitrogen and oxygen atoms in total. The summed E-state index contributed by atoms with van der Waals surface area (Å²) in [6, 6.07) is 4.04. The number of hydrogen-bond donors (Lipinski definition) is 3. The molecule has 1 atom stereocenters. The van der Waals surface area contributed by atoms with Crippen LogP contribution in [0.5, 0.6) is 0 Å². The Morgan fingerprint density at radius 3 is 2.47 bits per heavy atom. The van der Waals surface area contributed by atoms with E-state index in [4.69, 9.17) is 5.84 Å². The number of nitrogens with two attached hydrogens (primary N) is 1. The van der Waals surface area contributed by atoms with Gasteiger partial charge in [-0.1, -0.05) is 6.07 Å². The number of nitrogens with zero attached hydrogens (tertiary/aromatic N) is 2. The second-order valence-corrected chi connectivity index (χ2v) is 4.20. The largest absolute Gasteiger partial charge is 0.368 e. The SMILES string of the molecule is CC(Nc1cccc(NN)c1[N+](=O)[O-])C(=O)N(C)C. The molecule has 1 rings (SSSR count). The van der Waals surface area contributed by atoms with Crippen molar-refractivity contribution in [2.75, 3.05) is 24.8 Å². The molecular weight excluding hydrogens is 250 g/mol. The zero-order chi connectivity index (χ0) is 14.6. The van der Waals surface area contributed by atoms with E-state index in [0.717, 1.165) is 0 Å². The van der Waals surface area contributed by atoms with Gasteiger partial charge >= 0.3 is 5.69 Å². The first-order valence-corrected chi connectivity index (χ1v) is 5.60. The zero-order valence-corrected chi connectivity index (χ0v) is 11.0. The van der Waals surface area contributed by atoms with Crippen LogP contribution in [0, 0.1) is 10.1 Å². The van der Waals surface area contributed by atoms with Gasteiger partial charge in [0, 0.05) is 14.1 Å². The molecule has 0 heterocycles. The Labute approximate surface area is 110 Å². The molecule has 1 amide bonds. The smallest absolute Gasteiger partial charge is 0.316 e. The maximum Gasteiger partial charge on any atom is 0.316 e. The third kappa shape index (κ3) is 3.32. The number of carbonyl (C=O) groups excluding carboxylic acids is 1. The van der Waals surface area contributed by atoms with Crippen LogP contribution in [-0.2, 0) is 4.79 Å². The molecule has 1 unspecified atom stereocenters. The lowest BCUT2D eigenvalue weighted by Crippen LogP contribution is -2.36. The first kappa shape index (κ1) is 14.7. The summed E-state index contributed by atoms with van der Waals surface area (Å²) < 4.78 is 0. The van der Waals surface area contributed by atoms with Crippen LogP contribution in [0.1, 0.15) is 6.92 Å². The molecule has 0 saturated carbocycles. The van der Waals surface area contributed by atoms with Crippen LogP contribution < -0.4 is 16.6 Å². The van der Waals surface area contributed by atoms with Gasteiger partial charge in [-0.15, -0.1) is 0 Å². The minimum absolute atomic E-state index is 0.180. The number of hydrogen-bond acceptors (Lipinski definition) is 6. The van der Waals surface area contributed by atoms with Crippen molar-refractivity contribution in [1.82, 2.24) is 4.90 Å². The second-order valence-electron chi connectivity index (χ2n) is 4.20. The second kappa shape index (κ2) is 6.01. The number of carbonyl (C=O) groups is 1. The molecule has 0 aliphatic rings. The highest BCUT2D eigenvalue weighted by Gasteiger charge is 2.22. The number of nitrogens with one attached hydrogen (secondary N) is 2. The highest BCUT2D eigenvalue weighted by molar-refractivity contribution is 5.86. The molecular formula is C11H17N5O3. The average molecular weight is 267 g/mol. The van der Waals surface area contributed by atoms with Gasteiger partial charge in [0.05, 0.1) is 4.92 Å². The predicted molar refractivity (Wildman–Crippen MR) is 72.7 cm³/mol. The van der Waals surface area contributed by atoms with Crippen LogP contribution in [0.25, 0.3) is 0 Å². The lowest BCUT2D eigenvalue weighted by molar-refractivity contribution is -0.383. The van der Waals surface area contributed by atoms with E-state index in [1.54, 1.807) is 27.1 Å². The number of nitro benzene ring substituents is 1. The van der Waals surface area contributed by atoms with E-state index in [1.807, 2.05) is 0 Å². The Kier molecular flexibility index (Phi) is 4.65. The number of rotatable bonds is 5. The van der Waals surface area contributed by atoms with E-state index < -0.39 is 11.0 Å². The van der Waals surface area contributed by atoms with Crippen molar-refractivity contribution < 1.29 is 9.72 Å². The zero-order valence-electron chi connectivity index (χ0n) is 11.0. The molecule has 0 fully saturated rings. The Balaban J connectivity index is 3.08. The van der Waals surface area contributed by atoms with Gasteiger partial charge in [-0.05, 0) is 19.1 Å². The first-order valence-electron chi connectivity index (χ1n) is 5.60. The summed E-state index contributed by atoms with van der Waals surface area (Å²) in [4.78, 5) is 23.7. The summed E-state index contributed by atoms with van der Waals surface area (Å²) in [5, 5.41) is 13.9. The Morgan fingerprint density at radius 1 is 1.42 bits per heavy atom. The molecule has 19 heavy (non-hydrogen) atoms. The van der Waals surface area contributed by atoms with Gasteiger partial charge in [-0.3, -0.25) is 20.8 Å². The Bertz CT molecular complexity index is 489. The van der Waals surface area contributed by atoms with Crippen molar-refractivity contribution in [3.8, 4) is 0 Å². The van der Waals surface area contributed by atoms with Crippen molar-refractivity contribution >= 4 is 23.0 Å². The Morgan fingerprint density at radius 2 is 2.00 bits per heavy atom. The maximum atomic E-state index is 11.7. The number of para-hydroxylation sites is 1. The van der Waals surface area contributed by atoms with Gasteiger partial charge in [-0.25, -0.2) is 0 Å². The minimum Gasteiger partial charge on any atom is -0.368 e. The molecule has 0 radical (unpaired) electrons.